The van der Waals surface area contributed by atoms with Crippen LogP contribution < -0.4 is 21.7 Å². The molecule has 6 atom stereocenters. The van der Waals surface area contributed by atoms with E-state index in [9.17, 15) is 34.2 Å². The number of benzene rings is 1. The number of carboxylic acids is 2. The lowest BCUT2D eigenvalue weighted by molar-refractivity contribution is -0.145. The fourth-order valence-electron chi connectivity index (χ4n) is 3.29. The van der Waals surface area contributed by atoms with E-state index in [0.29, 0.717) is 12.0 Å². The summed E-state index contributed by atoms with van der Waals surface area (Å²) < 4.78 is 0. The van der Waals surface area contributed by atoms with Crippen molar-refractivity contribution in [1.29, 1.82) is 0 Å². The molecule has 0 saturated carbocycles. The quantitative estimate of drug-likeness (QED) is 0.161. The summed E-state index contributed by atoms with van der Waals surface area (Å²) in [6, 6.07) is 3.64. The van der Waals surface area contributed by atoms with E-state index in [0.717, 1.165) is 6.92 Å². The molecule has 3 amide bonds. The lowest BCUT2D eigenvalue weighted by atomic mass is 9.98. The van der Waals surface area contributed by atoms with Crippen molar-refractivity contribution in [3.8, 4) is 0 Å². The second-order valence-electron chi connectivity index (χ2n) is 8.72. The zero-order chi connectivity index (χ0) is 27.4. The van der Waals surface area contributed by atoms with Gasteiger partial charge in [0.2, 0.25) is 17.7 Å². The van der Waals surface area contributed by atoms with Gasteiger partial charge in [-0.05, 0) is 24.8 Å². The molecule has 0 aliphatic carbocycles. The van der Waals surface area contributed by atoms with Crippen molar-refractivity contribution < 1.29 is 39.3 Å². The fraction of sp³-hybridized carbons (Fsp3) is 0.542. The number of aliphatic hydroxyl groups is 1. The summed E-state index contributed by atoms with van der Waals surface area (Å²) in [7, 11) is 0. The predicted molar refractivity (Wildman–Crippen MR) is 130 cm³/mol. The van der Waals surface area contributed by atoms with Crippen molar-refractivity contribution >= 4 is 29.7 Å². The van der Waals surface area contributed by atoms with Crippen LogP contribution in [0.1, 0.15) is 45.6 Å². The highest BCUT2D eigenvalue weighted by Crippen LogP contribution is 2.09. The van der Waals surface area contributed by atoms with Crippen molar-refractivity contribution in [2.75, 3.05) is 0 Å². The first-order valence-corrected chi connectivity index (χ1v) is 11.7. The van der Waals surface area contributed by atoms with Crippen molar-refractivity contribution in [2.24, 2.45) is 11.7 Å². The first-order valence-electron chi connectivity index (χ1n) is 11.7. The van der Waals surface area contributed by atoms with Crippen LogP contribution in [0.15, 0.2) is 30.3 Å². The molecule has 1 rings (SSSR count). The monoisotopic (exact) mass is 508 g/mol. The van der Waals surface area contributed by atoms with Crippen LogP contribution in [-0.4, -0.2) is 75.3 Å². The maximum atomic E-state index is 13.2. The van der Waals surface area contributed by atoms with Crippen LogP contribution in [0.3, 0.4) is 0 Å². The van der Waals surface area contributed by atoms with Gasteiger partial charge in [-0.3, -0.25) is 19.2 Å². The molecule has 8 N–H and O–H groups in total. The van der Waals surface area contributed by atoms with Gasteiger partial charge in [-0.15, -0.1) is 0 Å². The summed E-state index contributed by atoms with van der Waals surface area (Å²) in [4.78, 5) is 61.1. The lowest BCUT2D eigenvalue weighted by Gasteiger charge is -2.26. The van der Waals surface area contributed by atoms with E-state index in [-0.39, 0.29) is 18.8 Å². The Kier molecular flexibility index (Phi) is 12.5. The lowest BCUT2D eigenvalue weighted by Crippen LogP contribution is -2.59. The summed E-state index contributed by atoms with van der Waals surface area (Å²) in [6.07, 6.45) is -1.61. The van der Waals surface area contributed by atoms with E-state index < -0.39 is 66.4 Å². The first kappa shape index (κ1) is 30.5. The average molecular weight is 509 g/mol. The molecule has 6 unspecified atom stereocenters. The second kappa shape index (κ2) is 14.8. The van der Waals surface area contributed by atoms with Crippen LogP contribution >= 0.6 is 0 Å². The zero-order valence-corrected chi connectivity index (χ0v) is 20.6. The smallest absolute Gasteiger partial charge is 0.328 e. The van der Waals surface area contributed by atoms with Gasteiger partial charge in [0.05, 0.1) is 12.1 Å². The maximum absolute atomic E-state index is 13.2. The van der Waals surface area contributed by atoms with Gasteiger partial charge in [-0.1, -0.05) is 50.6 Å². The molecule has 0 radical (unpaired) electrons. The number of nitrogens with one attached hydrogen (secondary N) is 3. The van der Waals surface area contributed by atoms with Gasteiger partial charge in [0.1, 0.15) is 12.1 Å². The normalized spacial score (nSPS) is 15.9. The van der Waals surface area contributed by atoms with Crippen molar-refractivity contribution in [2.45, 2.75) is 76.7 Å². The predicted octanol–water partition coefficient (Wildman–Crippen LogP) is -0.613. The summed E-state index contributed by atoms with van der Waals surface area (Å²) in [5.41, 5.74) is 6.71. The molecule has 12 heteroatoms. The number of hydrogen-bond donors (Lipinski definition) is 7. The Balaban J connectivity index is 3.15. The Labute approximate surface area is 209 Å². The Hall–Kier alpha value is -3.51. The molecule has 1 aromatic carbocycles. The number of hydrogen-bond acceptors (Lipinski definition) is 7. The SMILES string of the molecule is CCC(C)C(N)C(=O)NC(Cc1ccccc1)C(=O)NC(CCC(=O)O)C(=O)NC(C(=O)O)C(C)O. The summed E-state index contributed by atoms with van der Waals surface area (Å²) in [5.74, 6) is -5.23. The molecule has 0 spiro atoms. The second-order valence-corrected chi connectivity index (χ2v) is 8.72. The number of aliphatic carboxylic acids is 2. The highest BCUT2D eigenvalue weighted by molar-refractivity contribution is 5.94. The van der Waals surface area contributed by atoms with Crippen LogP contribution in [-0.2, 0) is 30.4 Å². The summed E-state index contributed by atoms with van der Waals surface area (Å²) in [5, 5.41) is 35.1. The molecule has 200 valence electrons. The Morgan fingerprint density at radius 1 is 0.889 bits per heavy atom. The number of amides is 3. The van der Waals surface area contributed by atoms with E-state index in [1.807, 2.05) is 6.92 Å². The van der Waals surface area contributed by atoms with Crippen LogP contribution in [0.5, 0.6) is 0 Å². The average Bonchev–Trinajstić information content (AvgIpc) is 2.83. The highest BCUT2D eigenvalue weighted by Gasteiger charge is 2.32. The van der Waals surface area contributed by atoms with Crippen molar-refractivity contribution in [3.63, 3.8) is 0 Å². The van der Waals surface area contributed by atoms with Gasteiger partial charge in [0.25, 0.3) is 0 Å². The van der Waals surface area contributed by atoms with Crippen LogP contribution in [0.2, 0.25) is 0 Å². The van der Waals surface area contributed by atoms with Gasteiger partial charge in [-0.25, -0.2) is 4.79 Å². The van der Waals surface area contributed by atoms with Gasteiger partial charge >= 0.3 is 11.9 Å². The number of nitrogens with two attached hydrogens (primary N) is 1. The molecule has 1 aromatic rings. The summed E-state index contributed by atoms with van der Waals surface area (Å²) >= 11 is 0. The van der Waals surface area contributed by atoms with E-state index in [2.05, 4.69) is 16.0 Å². The minimum Gasteiger partial charge on any atom is -0.481 e. The van der Waals surface area contributed by atoms with Crippen molar-refractivity contribution in [1.82, 2.24) is 16.0 Å². The molecular formula is C24H36N4O8. The molecule has 0 bridgehead atoms. The van der Waals surface area contributed by atoms with E-state index >= 15 is 0 Å². The number of rotatable bonds is 15. The molecule has 0 saturated heterocycles. The molecule has 12 nitrogen and oxygen atoms in total. The van der Waals surface area contributed by atoms with Crippen LogP contribution in [0.25, 0.3) is 0 Å². The van der Waals surface area contributed by atoms with Crippen LogP contribution in [0.4, 0.5) is 0 Å². The van der Waals surface area contributed by atoms with Gasteiger partial charge in [-0.2, -0.15) is 0 Å². The van der Waals surface area contributed by atoms with Crippen LogP contribution in [0, 0.1) is 5.92 Å². The van der Waals surface area contributed by atoms with Gasteiger partial charge in [0, 0.05) is 12.8 Å². The largest absolute Gasteiger partial charge is 0.481 e. The van der Waals surface area contributed by atoms with Gasteiger partial charge < -0.3 is 37.0 Å². The standard InChI is InChI=1S/C24H36N4O8/c1-4-13(2)19(25)23(34)27-17(12-15-8-6-5-7-9-15)22(33)26-16(10-11-18(30)31)21(32)28-20(14(3)29)24(35)36/h5-9,13-14,16-17,19-20,29H,4,10-12,25H2,1-3H3,(H,26,33)(H,27,34)(H,28,32)(H,30,31)(H,35,36). The Morgan fingerprint density at radius 3 is 1.94 bits per heavy atom. The first-order chi connectivity index (χ1) is 16.9. The number of carbonyl (C=O) groups is 5. The third-order valence-electron chi connectivity index (χ3n) is 5.80. The molecular weight excluding hydrogens is 472 g/mol. The van der Waals surface area contributed by atoms with E-state index in [1.54, 1.807) is 37.3 Å². The molecule has 0 aromatic heterocycles. The van der Waals surface area contributed by atoms with Crippen molar-refractivity contribution in [3.05, 3.63) is 35.9 Å². The fourth-order valence-corrected chi connectivity index (χ4v) is 3.29. The molecule has 0 heterocycles. The van der Waals surface area contributed by atoms with E-state index in [1.165, 1.54) is 0 Å². The zero-order valence-electron chi connectivity index (χ0n) is 20.6. The summed E-state index contributed by atoms with van der Waals surface area (Å²) in [6.45, 7) is 4.83. The minimum atomic E-state index is -1.67. The molecule has 0 aliphatic rings. The maximum Gasteiger partial charge on any atom is 0.328 e. The Morgan fingerprint density at radius 2 is 1.44 bits per heavy atom. The third kappa shape index (κ3) is 10.0. The molecule has 0 fully saturated rings. The number of carbonyl (C=O) groups excluding carboxylic acids is 3. The minimum absolute atomic E-state index is 0.0599. The third-order valence-corrected chi connectivity index (χ3v) is 5.80. The number of carboxylic acid groups (broad SMARTS) is 2. The molecule has 36 heavy (non-hydrogen) atoms. The van der Waals surface area contributed by atoms with E-state index in [4.69, 9.17) is 10.8 Å². The topological polar surface area (TPSA) is 208 Å². The Bertz CT molecular complexity index is 909. The van der Waals surface area contributed by atoms with Gasteiger partial charge in [0.15, 0.2) is 6.04 Å². The highest BCUT2D eigenvalue weighted by atomic mass is 16.4. The number of aliphatic hydroxyl groups excluding tert-OH is 1. The molecule has 0 aliphatic heterocycles.